The molecule has 0 bridgehead atoms. The number of nitrogens with one attached hydrogen (secondary N) is 1. The van der Waals surface area contributed by atoms with Gasteiger partial charge in [-0.25, -0.2) is 0 Å². The standard InChI is InChI=1S/C13H20N2O3S/c1-18-13-10-11(6-7-12(13)15(16)17)14-8-4-3-5-9-19-2/h6-7,10,14H,3-5,8-9H2,1-2H3. The lowest BCUT2D eigenvalue weighted by Gasteiger charge is -2.08. The summed E-state index contributed by atoms with van der Waals surface area (Å²) in [6, 6.07) is 4.84. The lowest BCUT2D eigenvalue weighted by atomic mass is 10.2. The third-order valence-corrected chi connectivity index (χ3v) is 3.43. The molecule has 0 saturated heterocycles. The van der Waals surface area contributed by atoms with Gasteiger partial charge >= 0.3 is 5.69 Å². The van der Waals surface area contributed by atoms with E-state index in [4.69, 9.17) is 4.74 Å². The van der Waals surface area contributed by atoms with E-state index in [1.165, 1.54) is 31.8 Å². The summed E-state index contributed by atoms with van der Waals surface area (Å²) in [5.74, 6) is 1.49. The molecule has 0 radical (unpaired) electrons. The molecule has 0 aliphatic rings. The van der Waals surface area contributed by atoms with Crippen LogP contribution in [0.15, 0.2) is 18.2 Å². The van der Waals surface area contributed by atoms with Gasteiger partial charge in [-0.2, -0.15) is 11.8 Å². The van der Waals surface area contributed by atoms with Crippen molar-refractivity contribution in [3.8, 4) is 5.75 Å². The summed E-state index contributed by atoms with van der Waals surface area (Å²) in [5, 5.41) is 14.0. The predicted octanol–water partition coefficient (Wildman–Crippen LogP) is 3.55. The van der Waals surface area contributed by atoms with Crippen LogP contribution in [0.2, 0.25) is 0 Å². The Labute approximate surface area is 117 Å². The van der Waals surface area contributed by atoms with Crippen molar-refractivity contribution >= 4 is 23.1 Å². The highest BCUT2D eigenvalue weighted by molar-refractivity contribution is 7.98. The highest BCUT2D eigenvalue weighted by Crippen LogP contribution is 2.29. The first-order valence-electron chi connectivity index (χ1n) is 6.24. The van der Waals surface area contributed by atoms with Gasteiger partial charge in [-0.1, -0.05) is 6.42 Å². The van der Waals surface area contributed by atoms with E-state index in [2.05, 4.69) is 11.6 Å². The fourth-order valence-corrected chi connectivity index (χ4v) is 2.21. The van der Waals surface area contributed by atoms with Crippen LogP contribution in [0.25, 0.3) is 0 Å². The second kappa shape index (κ2) is 8.63. The maximum atomic E-state index is 10.8. The molecule has 0 fully saturated rings. The number of hydrogen-bond donors (Lipinski definition) is 1. The second-order valence-electron chi connectivity index (χ2n) is 4.12. The third kappa shape index (κ3) is 5.38. The van der Waals surface area contributed by atoms with E-state index in [0.717, 1.165) is 18.7 Å². The molecule has 0 aliphatic heterocycles. The number of rotatable bonds is 9. The lowest BCUT2D eigenvalue weighted by Crippen LogP contribution is -2.02. The molecule has 0 atom stereocenters. The monoisotopic (exact) mass is 284 g/mol. The van der Waals surface area contributed by atoms with Gasteiger partial charge in [0.1, 0.15) is 0 Å². The van der Waals surface area contributed by atoms with Crippen molar-refractivity contribution in [2.24, 2.45) is 0 Å². The second-order valence-corrected chi connectivity index (χ2v) is 5.11. The maximum absolute atomic E-state index is 10.8. The predicted molar refractivity (Wildman–Crippen MR) is 80.4 cm³/mol. The number of benzene rings is 1. The van der Waals surface area contributed by atoms with Crippen LogP contribution >= 0.6 is 11.8 Å². The van der Waals surface area contributed by atoms with Crippen molar-refractivity contribution in [2.45, 2.75) is 19.3 Å². The summed E-state index contributed by atoms with van der Waals surface area (Å²) in [5.41, 5.74) is 0.848. The highest BCUT2D eigenvalue weighted by atomic mass is 32.2. The average molecular weight is 284 g/mol. The van der Waals surface area contributed by atoms with E-state index in [-0.39, 0.29) is 11.4 Å². The fraction of sp³-hybridized carbons (Fsp3) is 0.538. The molecule has 1 rings (SSSR count). The number of ether oxygens (including phenoxy) is 1. The number of anilines is 1. The number of nitro groups is 1. The number of unbranched alkanes of at least 4 members (excludes halogenated alkanes) is 2. The fourth-order valence-electron chi connectivity index (χ4n) is 1.72. The van der Waals surface area contributed by atoms with Crippen LogP contribution < -0.4 is 10.1 Å². The van der Waals surface area contributed by atoms with Crippen molar-refractivity contribution in [1.29, 1.82) is 0 Å². The SMILES string of the molecule is COc1cc(NCCCCCSC)ccc1[N+](=O)[O-]. The molecule has 5 nitrogen and oxygen atoms in total. The number of thioether (sulfide) groups is 1. The highest BCUT2D eigenvalue weighted by Gasteiger charge is 2.14. The van der Waals surface area contributed by atoms with Gasteiger partial charge in [0.25, 0.3) is 0 Å². The molecule has 0 amide bonds. The molecule has 0 unspecified atom stereocenters. The first kappa shape index (κ1) is 15.6. The van der Waals surface area contributed by atoms with Gasteiger partial charge < -0.3 is 10.1 Å². The maximum Gasteiger partial charge on any atom is 0.311 e. The number of hydrogen-bond acceptors (Lipinski definition) is 5. The minimum absolute atomic E-state index is 0.00646. The Bertz CT molecular complexity index is 413. The quantitative estimate of drug-likeness (QED) is 0.427. The molecule has 106 valence electrons. The Kier molecular flexibility index (Phi) is 7.10. The van der Waals surface area contributed by atoms with Gasteiger partial charge in [-0.15, -0.1) is 0 Å². The van der Waals surface area contributed by atoms with Gasteiger partial charge in [0, 0.05) is 24.4 Å². The Morgan fingerprint density at radius 2 is 2.16 bits per heavy atom. The average Bonchev–Trinajstić information content (AvgIpc) is 2.42. The number of methoxy groups -OCH3 is 1. The van der Waals surface area contributed by atoms with E-state index in [1.54, 1.807) is 12.1 Å². The molecule has 1 aromatic rings. The van der Waals surface area contributed by atoms with Crippen LogP contribution in [0, 0.1) is 10.1 Å². The molecule has 1 N–H and O–H groups in total. The Balaban J connectivity index is 2.44. The van der Waals surface area contributed by atoms with E-state index in [9.17, 15) is 10.1 Å². The molecule has 6 heteroatoms. The van der Waals surface area contributed by atoms with Crippen LogP contribution in [-0.2, 0) is 0 Å². The molecule has 0 aromatic heterocycles. The molecular formula is C13H20N2O3S. The molecule has 1 aromatic carbocycles. The smallest absolute Gasteiger partial charge is 0.311 e. The normalized spacial score (nSPS) is 10.2. The number of nitro benzene ring substituents is 1. The van der Waals surface area contributed by atoms with Crippen LogP contribution in [0.3, 0.4) is 0 Å². The van der Waals surface area contributed by atoms with Gasteiger partial charge in [0.05, 0.1) is 12.0 Å². The van der Waals surface area contributed by atoms with E-state index < -0.39 is 4.92 Å². The van der Waals surface area contributed by atoms with Crippen LogP contribution in [-0.4, -0.2) is 30.6 Å². The summed E-state index contributed by atoms with van der Waals surface area (Å²) in [6.07, 6.45) is 5.63. The summed E-state index contributed by atoms with van der Waals surface area (Å²) in [7, 11) is 1.44. The molecule has 0 saturated carbocycles. The molecule has 0 aliphatic carbocycles. The summed E-state index contributed by atoms with van der Waals surface area (Å²) in [6.45, 7) is 0.870. The topological polar surface area (TPSA) is 64.4 Å². The first-order chi connectivity index (χ1) is 9.19. The van der Waals surface area contributed by atoms with Gasteiger partial charge in [0.15, 0.2) is 5.75 Å². The van der Waals surface area contributed by atoms with Crippen molar-refractivity contribution in [2.75, 3.05) is 31.0 Å². The van der Waals surface area contributed by atoms with Crippen molar-refractivity contribution < 1.29 is 9.66 Å². The van der Waals surface area contributed by atoms with Gasteiger partial charge in [-0.05, 0) is 30.9 Å². The minimum Gasteiger partial charge on any atom is -0.490 e. The minimum atomic E-state index is -0.439. The Hall–Kier alpha value is -1.43. The van der Waals surface area contributed by atoms with Crippen LogP contribution in [0.5, 0.6) is 5.75 Å². The van der Waals surface area contributed by atoms with E-state index in [1.807, 2.05) is 11.8 Å². The zero-order valence-electron chi connectivity index (χ0n) is 11.3. The molecule has 19 heavy (non-hydrogen) atoms. The van der Waals surface area contributed by atoms with E-state index >= 15 is 0 Å². The lowest BCUT2D eigenvalue weighted by molar-refractivity contribution is -0.385. The zero-order chi connectivity index (χ0) is 14.1. The summed E-state index contributed by atoms with van der Waals surface area (Å²) >= 11 is 1.86. The molecular weight excluding hydrogens is 264 g/mol. The van der Waals surface area contributed by atoms with Crippen LogP contribution in [0.1, 0.15) is 19.3 Å². The zero-order valence-corrected chi connectivity index (χ0v) is 12.2. The summed E-state index contributed by atoms with van der Waals surface area (Å²) < 4.78 is 5.02. The van der Waals surface area contributed by atoms with Crippen molar-refractivity contribution in [3.63, 3.8) is 0 Å². The molecule has 0 spiro atoms. The third-order valence-electron chi connectivity index (χ3n) is 2.73. The number of nitrogens with zero attached hydrogens (tertiary/aromatic N) is 1. The largest absolute Gasteiger partial charge is 0.490 e. The van der Waals surface area contributed by atoms with Crippen molar-refractivity contribution in [1.82, 2.24) is 0 Å². The Morgan fingerprint density at radius 3 is 2.79 bits per heavy atom. The summed E-state index contributed by atoms with van der Waals surface area (Å²) in [4.78, 5) is 10.3. The van der Waals surface area contributed by atoms with Crippen molar-refractivity contribution in [3.05, 3.63) is 28.3 Å². The first-order valence-corrected chi connectivity index (χ1v) is 7.63. The van der Waals surface area contributed by atoms with E-state index in [0.29, 0.717) is 0 Å². The van der Waals surface area contributed by atoms with Crippen LogP contribution in [0.4, 0.5) is 11.4 Å². The Morgan fingerprint density at radius 1 is 1.37 bits per heavy atom. The van der Waals surface area contributed by atoms with Gasteiger partial charge in [0.2, 0.25) is 0 Å². The van der Waals surface area contributed by atoms with Gasteiger partial charge in [-0.3, -0.25) is 10.1 Å². The molecule has 0 heterocycles.